The number of hydrogen-bond acceptors (Lipinski definition) is 2. The van der Waals surface area contributed by atoms with Crippen LogP contribution in [0.5, 0.6) is 5.75 Å². The summed E-state index contributed by atoms with van der Waals surface area (Å²) >= 11 is 0. The van der Waals surface area contributed by atoms with E-state index in [-0.39, 0.29) is 6.04 Å². The predicted octanol–water partition coefficient (Wildman–Crippen LogP) is 2.20. The first-order chi connectivity index (χ1) is 6.76. The van der Waals surface area contributed by atoms with E-state index in [1.54, 1.807) is 7.11 Å². The zero-order valence-corrected chi connectivity index (χ0v) is 8.84. The van der Waals surface area contributed by atoms with Crippen LogP contribution in [-0.4, -0.2) is 7.11 Å². The summed E-state index contributed by atoms with van der Waals surface area (Å²) in [7, 11) is 1.71. The van der Waals surface area contributed by atoms with Gasteiger partial charge in [-0.05, 0) is 48.1 Å². The number of rotatable bonds is 2. The summed E-state index contributed by atoms with van der Waals surface area (Å²) in [6.07, 6.45) is 3.27. The quantitative estimate of drug-likeness (QED) is 0.777. The van der Waals surface area contributed by atoms with Crippen molar-refractivity contribution in [2.24, 2.45) is 5.73 Å². The highest BCUT2D eigenvalue weighted by Gasteiger charge is 2.22. The molecular weight excluding hydrogens is 174 g/mol. The van der Waals surface area contributed by atoms with E-state index < -0.39 is 0 Å². The molecule has 1 aromatic carbocycles. The third kappa shape index (κ3) is 1.40. The third-order valence-corrected chi connectivity index (χ3v) is 3.07. The highest BCUT2D eigenvalue weighted by molar-refractivity contribution is 5.46. The Morgan fingerprint density at radius 2 is 2.29 bits per heavy atom. The molecule has 2 heteroatoms. The van der Waals surface area contributed by atoms with E-state index >= 15 is 0 Å². The molecule has 2 N–H and O–H groups in total. The van der Waals surface area contributed by atoms with Crippen molar-refractivity contribution in [1.82, 2.24) is 0 Å². The molecule has 1 aliphatic rings. The van der Waals surface area contributed by atoms with Gasteiger partial charge in [0.2, 0.25) is 0 Å². The first-order valence-corrected chi connectivity index (χ1v) is 5.21. The minimum atomic E-state index is 0.213. The third-order valence-electron chi connectivity index (χ3n) is 3.07. The molecule has 0 aromatic heterocycles. The lowest BCUT2D eigenvalue weighted by Crippen LogP contribution is -2.05. The van der Waals surface area contributed by atoms with Crippen molar-refractivity contribution in [2.45, 2.75) is 32.2 Å². The van der Waals surface area contributed by atoms with Crippen LogP contribution in [0.25, 0.3) is 0 Å². The summed E-state index contributed by atoms with van der Waals surface area (Å²) in [4.78, 5) is 0. The summed E-state index contributed by atoms with van der Waals surface area (Å²) in [5.74, 6) is 0.943. The minimum Gasteiger partial charge on any atom is -0.497 e. The second-order valence-electron chi connectivity index (χ2n) is 3.85. The fourth-order valence-electron chi connectivity index (χ4n) is 2.25. The number of aryl methyl sites for hydroxylation is 1. The normalized spacial score (nSPS) is 19.5. The van der Waals surface area contributed by atoms with E-state index in [1.165, 1.54) is 16.7 Å². The van der Waals surface area contributed by atoms with Crippen molar-refractivity contribution in [2.75, 3.05) is 7.11 Å². The molecule has 0 bridgehead atoms. The molecule has 2 rings (SSSR count). The standard InChI is InChI=1S/C12H17NO/c1-3-8-6-9(14-2)7-11-10(8)4-5-12(11)13/h6-7,12H,3-5,13H2,1-2H3. The van der Waals surface area contributed by atoms with Gasteiger partial charge >= 0.3 is 0 Å². The van der Waals surface area contributed by atoms with Crippen LogP contribution in [0.1, 0.15) is 36.1 Å². The monoisotopic (exact) mass is 191 g/mol. The van der Waals surface area contributed by atoms with Gasteiger partial charge in [-0.2, -0.15) is 0 Å². The number of fused-ring (bicyclic) bond motifs is 1. The molecule has 14 heavy (non-hydrogen) atoms. The molecular formula is C12H17NO. The lowest BCUT2D eigenvalue weighted by atomic mass is 10.00. The van der Waals surface area contributed by atoms with Crippen molar-refractivity contribution < 1.29 is 4.74 Å². The van der Waals surface area contributed by atoms with Crippen LogP contribution in [-0.2, 0) is 12.8 Å². The van der Waals surface area contributed by atoms with Crippen molar-refractivity contribution in [1.29, 1.82) is 0 Å². The van der Waals surface area contributed by atoms with Gasteiger partial charge in [-0.1, -0.05) is 6.92 Å². The first kappa shape index (κ1) is 9.53. The molecule has 0 heterocycles. The van der Waals surface area contributed by atoms with Crippen LogP contribution < -0.4 is 10.5 Å². The molecule has 76 valence electrons. The smallest absolute Gasteiger partial charge is 0.119 e. The zero-order chi connectivity index (χ0) is 10.1. The van der Waals surface area contributed by atoms with Gasteiger partial charge in [0.1, 0.15) is 5.75 Å². The van der Waals surface area contributed by atoms with Gasteiger partial charge in [0.05, 0.1) is 7.11 Å². The molecule has 0 radical (unpaired) electrons. The van der Waals surface area contributed by atoms with Gasteiger partial charge in [-0.15, -0.1) is 0 Å². The van der Waals surface area contributed by atoms with Crippen LogP contribution >= 0.6 is 0 Å². The zero-order valence-electron chi connectivity index (χ0n) is 8.84. The molecule has 1 aliphatic carbocycles. The average Bonchev–Trinajstić information content (AvgIpc) is 2.59. The highest BCUT2D eigenvalue weighted by Crippen LogP contribution is 2.35. The molecule has 0 saturated carbocycles. The molecule has 0 fully saturated rings. The van der Waals surface area contributed by atoms with E-state index in [1.807, 2.05) is 0 Å². The molecule has 1 atom stereocenters. The van der Waals surface area contributed by atoms with Crippen LogP contribution in [0.15, 0.2) is 12.1 Å². The van der Waals surface area contributed by atoms with Gasteiger partial charge in [0.25, 0.3) is 0 Å². The SMILES string of the molecule is CCc1cc(OC)cc2c1CCC2N. The summed E-state index contributed by atoms with van der Waals surface area (Å²) in [6, 6.07) is 4.44. The van der Waals surface area contributed by atoms with Crippen LogP contribution in [0.4, 0.5) is 0 Å². The maximum absolute atomic E-state index is 6.04. The summed E-state index contributed by atoms with van der Waals surface area (Å²) in [6.45, 7) is 2.18. The van der Waals surface area contributed by atoms with E-state index in [0.29, 0.717) is 0 Å². The van der Waals surface area contributed by atoms with Gasteiger partial charge < -0.3 is 10.5 Å². The fraction of sp³-hybridized carbons (Fsp3) is 0.500. The molecule has 2 nitrogen and oxygen atoms in total. The van der Waals surface area contributed by atoms with Gasteiger partial charge in [-0.25, -0.2) is 0 Å². The van der Waals surface area contributed by atoms with E-state index in [4.69, 9.17) is 10.5 Å². The van der Waals surface area contributed by atoms with Crippen molar-refractivity contribution >= 4 is 0 Å². The molecule has 0 aliphatic heterocycles. The van der Waals surface area contributed by atoms with Gasteiger partial charge in [-0.3, -0.25) is 0 Å². The van der Waals surface area contributed by atoms with Crippen molar-refractivity contribution in [3.63, 3.8) is 0 Å². The van der Waals surface area contributed by atoms with Gasteiger partial charge in [0.15, 0.2) is 0 Å². The van der Waals surface area contributed by atoms with Crippen molar-refractivity contribution in [3.8, 4) is 5.75 Å². The maximum Gasteiger partial charge on any atom is 0.119 e. The summed E-state index contributed by atoms with van der Waals surface area (Å²) in [5.41, 5.74) is 10.2. The maximum atomic E-state index is 6.04. The number of nitrogens with two attached hydrogens (primary N) is 1. The van der Waals surface area contributed by atoms with Crippen LogP contribution in [0.2, 0.25) is 0 Å². The summed E-state index contributed by atoms with van der Waals surface area (Å²) < 4.78 is 5.27. The van der Waals surface area contributed by atoms with E-state index in [0.717, 1.165) is 25.0 Å². The minimum absolute atomic E-state index is 0.213. The molecule has 1 unspecified atom stereocenters. The second-order valence-corrected chi connectivity index (χ2v) is 3.85. The Balaban J connectivity index is 2.52. The second kappa shape index (κ2) is 3.62. The predicted molar refractivity (Wildman–Crippen MR) is 57.6 cm³/mol. The largest absolute Gasteiger partial charge is 0.497 e. The number of methoxy groups -OCH3 is 1. The lowest BCUT2D eigenvalue weighted by Gasteiger charge is -2.11. The van der Waals surface area contributed by atoms with E-state index in [2.05, 4.69) is 19.1 Å². The van der Waals surface area contributed by atoms with Crippen LogP contribution in [0, 0.1) is 0 Å². The topological polar surface area (TPSA) is 35.2 Å². The van der Waals surface area contributed by atoms with Gasteiger partial charge in [0, 0.05) is 6.04 Å². The van der Waals surface area contributed by atoms with E-state index in [9.17, 15) is 0 Å². The van der Waals surface area contributed by atoms with Crippen molar-refractivity contribution in [3.05, 3.63) is 28.8 Å². The molecule has 1 aromatic rings. The number of hydrogen-bond donors (Lipinski definition) is 1. The van der Waals surface area contributed by atoms with Crippen LogP contribution in [0.3, 0.4) is 0 Å². The Kier molecular flexibility index (Phi) is 2.46. The molecule has 0 spiro atoms. The Morgan fingerprint density at radius 1 is 1.50 bits per heavy atom. The lowest BCUT2D eigenvalue weighted by molar-refractivity contribution is 0.413. The number of ether oxygens (including phenoxy) is 1. The highest BCUT2D eigenvalue weighted by atomic mass is 16.5. The Hall–Kier alpha value is -1.02. The summed E-state index contributed by atoms with van der Waals surface area (Å²) in [5, 5.41) is 0. The Bertz CT molecular complexity index is 346. The first-order valence-electron chi connectivity index (χ1n) is 5.21. The Morgan fingerprint density at radius 3 is 2.93 bits per heavy atom. The fourth-order valence-corrected chi connectivity index (χ4v) is 2.25. The Labute approximate surface area is 85.1 Å². The average molecular weight is 191 g/mol. The molecule has 0 saturated heterocycles. The number of benzene rings is 1. The molecule has 0 amide bonds.